The summed E-state index contributed by atoms with van der Waals surface area (Å²) in [5.74, 6) is 1.63. The van der Waals surface area contributed by atoms with Gasteiger partial charge in [0.15, 0.2) is 5.96 Å². The number of nitrogens with one attached hydrogen (secondary N) is 2. The van der Waals surface area contributed by atoms with Crippen molar-refractivity contribution in [2.45, 2.75) is 33.5 Å². The molecule has 2 aromatic carbocycles. The fourth-order valence-corrected chi connectivity index (χ4v) is 3.23. The largest absolute Gasteiger partial charge is 0.494 e. The lowest BCUT2D eigenvalue weighted by Crippen LogP contribution is -2.36. The second kappa shape index (κ2) is 12.9. The smallest absolute Gasteiger partial charge is 0.250 e. The van der Waals surface area contributed by atoms with Crippen molar-refractivity contribution in [3.63, 3.8) is 0 Å². The molecule has 6 nitrogen and oxygen atoms in total. The van der Waals surface area contributed by atoms with Gasteiger partial charge in [-0.15, -0.1) is 24.0 Å². The van der Waals surface area contributed by atoms with Gasteiger partial charge in [0.1, 0.15) is 5.75 Å². The van der Waals surface area contributed by atoms with Gasteiger partial charge in [0.2, 0.25) is 0 Å². The molecule has 0 radical (unpaired) electrons. The number of hydrogen-bond donors (Lipinski definition) is 2. The molecule has 1 heterocycles. The molecule has 0 atom stereocenters. The number of aromatic nitrogens is 1. The average Bonchev–Trinajstić information content (AvgIpc) is 2.78. The van der Waals surface area contributed by atoms with Crippen molar-refractivity contribution in [1.82, 2.24) is 15.2 Å². The molecule has 170 valence electrons. The Kier molecular flexibility index (Phi) is 10.3. The summed E-state index contributed by atoms with van der Waals surface area (Å²) < 4.78 is 7.45. The lowest BCUT2D eigenvalue weighted by atomic mass is 10.1. The maximum Gasteiger partial charge on any atom is 0.250 e. The van der Waals surface area contributed by atoms with Crippen molar-refractivity contribution in [1.29, 1.82) is 0 Å². The summed E-state index contributed by atoms with van der Waals surface area (Å²) in [7, 11) is 1.76. The Morgan fingerprint density at radius 3 is 2.41 bits per heavy atom. The highest BCUT2D eigenvalue weighted by Gasteiger charge is 2.06. The number of ether oxygens (including phenoxy) is 1. The minimum Gasteiger partial charge on any atom is -0.494 e. The minimum atomic E-state index is 0. The molecule has 0 saturated heterocycles. The molecule has 3 rings (SSSR count). The summed E-state index contributed by atoms with van der Waals surface area (Å²) in [6, 6.07) is 19.6. The second-order valence-electron chi connectivity index (χ2n) is 7.31. The molecule has 0 bridgehead atoms. The van der Waals surface area contributed by atoms with Crippen molar-refractivity contribution in [3.05, 3.63) is 99.5 Å². The van der Waals surface area contributed by atoms with E-state index in [1.54, 1.807) is 29.9 Å². The van der Waals surface area contributed by atoms with Crippen LogP contribution in [0.25, 0.3) is 0 Å². The zero-order valence-corrected chi connectivity index (χ0v) is 21.1. The van der Waals surface area contributed by atoms with Crippen molar-refractivity contribution in [2.24, 2.45) is 4.99 Å². The van der Waals surface area contributed by atoms with Crippen LogP contribution in [0, 0.1) is 6.92 Å². The van der Waals surface area contributed by atoms with Crippen LogP contribution in [0.3, 0.4) is 0 Å². The van der Waals surface area contributed by atoms with Crippen LogP contribution in [0.1, 0.15) is 29.2 Å². The van der Waals surface area contributed by atoms with Gasteiger partial charge in [-0.3, -0.25) is 9.79 Å². The molecule has 0 aliphatic heterocycles. The first-order valence-corrected chi connectivity index (χ1v) is 10.5. The lowest BCUT2D eigenvalue weighted by molar-refractivity contribution is 0.336. The van der Waals surface area contributed by atoms with Crippen molar-refractivity contribution < 1.29 is 4.74 Å². The summed E-state index contributed by atoms with van der Waals surface area (Å²) in [6.07, 6.45) is 1.80. The van der Waals surface area contributed by atoms with Gasteiger partial charge < -0.3 is 19.9 Å². The van der Waals surface area contributed by atoms with Crippen LogP contribution in [0.2, 0.25) is 0 Å². The van der Waals surface area contributed by atoms with E-state index in [0.29, 0.717) is 26.2 Å². The highest BCUT2D eigenvalue weighted by molar-refractivity contribution is 14.0. The highest BCUT2D eigenvalue weighted by atomic mass is 127. The van der Waals surface area contributed by atoms with Crippen LogP contribution < -0.4 is 20.9 Å². The Morgan fingerprint density at radius 2 is 1.72 bits per heavy atom. The molecule has 1 aromatic heterocycles. The maximum absolute atomic E-state index is 11.9. The lowest BCUT2D eigenvalue weighted by Gasteiger charge is -2.15. The molecule has 0 fully saturated rings. The molecule has 0 aliphatic carbocycles. The van der Waals surface area contributed by atoms with Crippen LogP contribution in [-0.2, 0) is 19.6 Å². The van der Waals surface area contributed by atoms with E-state index in [-0.39, 0.29) is 29.5 Å². The summed E-state index contributed by atoms with van der Waals surface area (Å²) in [5, 5.41) is 6.69. The van der Waals surface area contributed by atoms with E-state index in [1.165, 1.54) is 5.56 Å². The first kappa shape index (κ1) is 25.5. The Morgan fingerprint density at radius 1 is 1.00 bits per heavy atom. The number of hydrogen-bond acceptors (Lipinski definition) is 3. The van der Waals surface area contributed by atoms with E-state index in [2.05, 4.69) is 52.9 Å². The van der Waals surface area contributed by atoms with Gasteiger partial charge in [0, 0.05) is 38.0 Å². The van der Waals surface area contributed by atoms with Crippen LogP contribution in [-0.4, -0.2) is 24.2 Å². The number of nitrogens with zero attached hydrogens (tertiary/aromatic N) is 2. The molecule has 0 spiro atoms. The second-order valence-corrected chi connectivity index (χ2v) is 7.31. The third-order valence-electron chi connectivity index (χ3n) is 4.93. The first-order chi connectivity index (χ1) is 15.1. The van der Waals surface area contributed by atoms with Crippen LogP contribution in [0.5, 0.6) is 5.75 Å². The maximum atomic E-state index is 11.9. The van der Waals surface area contributed by atoms with E-state index in [4.69, 9.17) is 4.74 Å². The first-order valence-electron chi connectivity index (χ1n) is 10.5. The molecular formula is C25H31IN4O2. The third kappa shape index (κ3) is 7.40. The number of aryl methyl sites for hydroxylation is 1. The number of guanidine groups is 1. The van der Waals surface area contributed by atoms with E-state index < -0.39 is 0 Å². The highest BCUT2D eigenvalue weighted by Crippen LogP contribution is 2.20. The van der Waals surface area contributed by atoms with Crippen LogP contribution in [0.15, 0.2) is 76.6 Å². The number of rotatable bonds is 8. The minimum absolute atomic E-state index is 0. The number of halogens is 1. The zero-order valence-electron chi connectivity index (χ0n) is 18.8. The Labute approximate surface area is 206 Å². The molecule has 0 aliphatic rings. The average molecular weight is 546 g/mol. The molecule has 0 saturated carbocycles. The van der Waals surface area contributed by atoms with Gasteiger partial charge >= 0.3 is 0 Å². The molecule has 7 heteroatoms. The van der Waals surface area contributed by atoms with Crippen molar-refractivity contribution in [3.8, 4) is 5.75 Å². The van der Waals surface area contributed by atoms with Gasteiger partial charge in [-0.25, -0.2) is 0 Å². The number of pyridine rings is 1. The van der Waals surface area contributed by atoms with Gasteiger partial charge in [0.05, 0.1) is 13.2 Å². The van der Waals surface area contributed by atoms with E-state index in [0.717, 1.165) is 28.4 Å². The summed E-state index contributed by atoms with van der Waals surface area (Å²) in [6.45, 7) is 6.53. The van der Waals surface area contributed by atoms with Gasteiger partial charge in [0.25, 0.3) is 5.56 Å². The molecule has 3 aromatic rings. The molecular weight excluding hydrogens is 515 g/mol. The predicted molar refractivity (Wildman–Crippen MR) is 141 cm³/mol. The van der Waals surface area contributed by atoms with Gasteiger partial charge in [-0.1, -0.05) is 42.5 Å². The summed E-state index contributed by atoms with van der Waals surface area (Å²) >= 11 is 0. The fourth-order valence-electron chi connectivity index (χ4n) is 3.23. The Balaban J connectivity index is 0.00000363. The van der Waals surface area contributed by atoms with Crippen molar-refractivity contribution >= 4 is 29.9 Å². The molecule has 2 N–H and O–H groups in total. The van der Waals surface area contributed by atoms with E-state index >= 15 is 0 Å². The third-order valence-corrected chi connectivity index (χ3v) is 4.93. The number of aliphatic imine (C=N–C) groups is 1. The topological polar surface area (TPSA) is 67.7 Å². The summed E-state index contributed by atoms with van der Waals surface area (Å²) in [4.78, 5) is 16.2. The van der Waals surface area contributed by atoms with Gasteiger partial charge in [-0.05, 0) is 42.7 Å². The Hall–Kier alpha value is -2.81. The monoisotopic (exact) mass is 546 g/mol. The summed E-state index contributed by atoms with van der Waals surface area (Å²) in [5.41, 5.74) is 4.50. The van der Waals surface area contributed by atoms with Crippen LogP contribution >= 0.6 is 24.0 Å². The molecule has 32 heavy (non-hydrogen) atoms. The normalized spacial score (nSPS) is 10.9. The van der Waals surface area contributed by atoms with E-state index in [9.17, 15) is 4.79 Å². The van der Waals surface area contributed by atoms with Crippen molar-refractivity contribution in [2.75, 3.05) is 13.7 Å². The SMILES string of the molecule is CCOc1cc(C)ccc1CNC(=NC)NCc1ccc(Cn2ccccc2=O)cc1.I. The van der Waals surface area contributed by atoms with E-state index in [1.807, 2.05) is 25.1 Å². The Bertz CT molecular complexity index is 1080. The van der Waals surface area contributed by atoms with Gasteiger partial charge in [-0.2, -0.15) is 0 Å². The molecule has 0 amide bonds. The fraction of sp³-hybridized carbons (Fsp3) is 0.280. The quantitative estimate of drug-likeness (QED) is 0.254. The standard InChI is InChI=1S/C25H30N4O2.HI/c1-4-31-23-15-19(2)8-13-22(23)17-28-25(26-3)27-16-20-9-11-21(12-10-20)18-29-14-6-5-7-24(29)30;/h5-15H,4,16-18H2,1-3H3,(H2,26,27,28);1H. The molecule has 0 unspecified atom stereocenters. The zero-order chi connectivity index (χ0) is 22.1. The predicted octanol–water partition coefficient (Wildman–Crippen LogP) is 4.09. The number of benzene rings is 2. The van der Waals surface area contributed by atoms with Crippen LogP contribution in [0.4, 0.5) is 0 Å².